The van der Waals surface area contributed by atoms with Gasteiger partial charge in [0, 0.05) is 34.6 Å². The molecule has 51 heavy (non-hydrogen) atoms. The molecule has 0 radical (unpaired) electrons. The van der Waals surface area contributed by atoms with E-state index in [1.807, 2.05) is 18.2 Å². The maximum absolute atomic E-state index is 14.5. The number of hydrogen-bond acceptors (Lipinski definition) is 10. The van der Waals surface area contributed by atoms with E-state index in [-0.39, 0.29) is 23.0 Å². The van der Waals surface area contributed by atoms with E-state index in [2.05, 4.69) is 9.97 Å². The number of methoxy groups -OCH3 is 4. The van der Waals surface area contributed by atoms with E-state index in [4.69, 9.17) is 30.6 Å². The van der Waals surface area contributed by atoms with E-state index in [9.17, 15) is 14.0 Å². The quantitative estimate of drug-likeness (QED) is 0.196. The van der Waals surface area contributed by atoms with Gasteiger partial charge in [-0.3, -0.25) is 9.59 Å². The van der Waals surface area contributed by atoms with Crippen molar-refractivity contribution in [3.8, 4) is 45.3 Å². The molecule has 0 atom stereocenters. The zero-order valence-electron chi connectivity index (χ0n) is 28.6. The lowest BCUT2D eigenvalue weighted by atomic mass is 10.0. The maximum Gasteiger partial charge on any atom is 0.279 e. The highest BCUT2D eigenvalue weighted by Crippen LogP contribution is 2.45. The zero-order valence-corrected chi connectivity index (χ0v) is 28.6. The number of hydrogen-bond donors (Lipinski definition) is 2. The van der Waals surface area contributed by atoms with Crippen LogP contribution in [-0.2, 0) is 0 Å². The number of ether oxygens (including phenoxy) is 4. The molecule has 4 aromatic carbocycles. The van der Waals surface area contributed by atoms with Gasteiger partial charge in [0.2, 0.25) is 5.75 Å². The Morgan fingerprint density at radius 1 is 0.667 bits per heavy atom. The number of aromatic nitrogens is 4. The number of nitrogen functional groups attached to an aromatic ring is 2. The first kappa shape index (κ1) is 33.4. The number of benzene rings is 4. The van der Waals surface area contributed by atoms with Gasteiger partial charge in [-0.05, 0) is 73.7 Å². The first-order chi connectivity index (χ1) is 24.7. The summed E-state index contributed by atoms with van der Waals surface area (Å²) in [5.74, 6) is 15.2. The summed E-state index contributed by atoms with van der Waals surface area (Å²) in [5.41, 5.74) is 3.12. The van der Waals surface area contributed by atoms with E-state index >= 15 is 0 Å². The number of fused-ring (bicyclic) bond motifs is 2. The van der Waals surface area contributed by atoms with Gasteiger partial charge in [-0.2, -0.15) is 0 Å². The van der Waals surface area contributed by atoms with Crippen molar-refractivity contribution in [2.75, 3.05) is 40.1 Å². The summed E-state index contributed by atoms with van der Waals surface area (Å²) in [5, 5.41) is 0.853. The van der Waals surface area contributed by atoms with Crippen LogP contribution in [0.3, 0.4) is 0 Å². The average Bonchev–Trinajstić information content (AvgIpc) is 4.09. The molecule has 0 amide bonds. The number of nitrogens with zero attached hydrogens (tertiary/aromatic N) is 4. The predicted octanol–water partition coefficient (Wildman–Crippen LogP) is 5.48. The molecule has 2 heterocycles. The summed E-state index contributed by atoms with van der Waals surface area (Å²) in [7, 11) is 6.18. The standard InChI is InChI=1S/C20H21N3O4.C18H16FN3O2/c1-25-16-9-7-13(17(26-2)18(16)27-3)12-6-8-15-14(10-12)20(24)23(21)19(22-15)11-4-5-11;1-24-11-7-8-12(15(19)9-11)13-3-2-4-14-16(13)21-17(10-5-6-10)22(20)18(14)23/h6-11H,4-5,21H2,1-3H3;2-4,7-10H,5-6,20H2,1H3. The van der Waals surface area contributed by atoms with E-state index < -0.39 is 5.82 Å². The van der Waals surface area contributed by atoms with Crippen molar-refractivity contribution in [3.63, 3.8) is 0 Å². The van der Waals surface area contributed by atoms with Gasteiger partial charge in [-0.25, -0.2) is 23.7 Å². The molecule has 0 spiro atoms. The van der Waals surface area contributed by atoms with Crippen LogP contribution in [0.15, 0.2) is 76.3 Å². The lowest BCUT2D eigenvalue weighted by Gasteiger charge is -2.16. The molecule has 0 aliphatic heterocycles. The van der Waals surface area contributed by atoms with E-state index in [0.717, 1.165) is 41.5 Å². The topological polar surface area (TPSA) is 159 Å². The summed E-state index contributed by atoms with van der Waals surface area (Å²) in [6.45, 7) is 0. The Morgan fingerprint density at radius 2 is 1.31 bits per heavy atom. The van der Waals surface area contributed by atoms with Gasteiger partial charge in [-0.1, -0.05) is 18.2 Å². The van der Waals surface area contributed by atoms with Crippen molar-refractivity contribution >= 4 is 21.8 Å². The molecule has 2 fully saturated rings. The highest BCUT2D eigenvalue weighted by molar-refractivity contribution is 5.93. The van der Waals surface area contributed by atoms with Crippen LogP contribution in [0.25, 0.3) is 44.1 Å². The van der Waals surface area contributed by atoms with Crippen LogP contribution in [0.1, 0.15) is 49.2 Å². The Kier molecular flexibility index (Phi) is 8.71. The fraction of sp³-hybridized carbons (Fsp3) is 0.263. The third kappa shape index (κ3) is 6.04. The van der Waals surface area contributed by atoms with E-state index in [1.54, 1.807) is 63.8 Å². The molecule has 12 nitrogen and oxygen atoms in total. The van der Waals surface area contributed by atoms with Gasteiger partial charge >= 0.3 is 0 Å². The van der Waals surface area contributed by atoms with E-state index in [0.29, 0.717) is 67.6 Å². The van der Waals surface area contributed by atoms with Gasteiger partial charge in [0.15, 0.2) is 11.5 Å². The van der Waals surface area contributed by atoms with Crippen LogP contribution in [0, 0.1) is 5.82 Å². The fourth-order valence-corrected chi connectivity index (χ4v) is 6.27. The molecule has 0 unspecified atom stereocenters. The maximum atomic E-state index is 14.5. The molecule has 4 N–H and O–H groups in total. The zero-order chi connectivity index (χ0) is 36.0. The Labute approximate surface area is 291 Å². The summed E-state index contributed by atoms with van der Waals surface area (Å²) in [4.78, 5) is 34.5. The molecule has 0 bridgehead atoms. The van der Waals surface area contributed by atoms with Crippen LogP contribution in [0.4, 0.5) is 4.39 Å². The van der Waals surface area contributed by atoms with E-state index in [1.165, 1.54) is 17.9 Å². The van der Waals surface area contributed by atoms with Crippen LogP contribution in [-0.4, -0.2) is 47.8 Å². The molecule has 6 aromatic rings. The number of halogens is 1. The van der Waals surface area contributed by atoms with Crippen molar-refractivity contribution in [3.05, 3.63) is 105 Å². The molecule has 0 saturated heterocycles. The molecule has 262 valence electrons. The summed E-state index contributed by atoms with van der Waals surface area (Å²) < 4.78 is 38.2. The first-order valence-corrected chi connectivity index (χ1v) is 16.4. The van der Waals surface area contributed by atoms with Crippen LogP contribution in [0.5, 0.6) is 23.0 Å². The molecular weight excluding hydrogens is 655 g/mol. The predicted molar refractivity (Wildman–Crippen MR) is 193 cm³/mol. The first-order valence-electron chi connectivity index (χ1n) is 16.4. The van der Waals surface area contributed by atoms with Gasteiger partial charge in [0.25, 0.3) is 11.1 Å². The smallest absolute Gasteiger partial charge is 0.279 e. The van der Waals surface area contributed by atoms with Gasteiger partial charge < -0.3 is 30.6 Å². The van der Waals surface area contributed by atoms with Crippen LogP contribution >= 0.6 is 0 Å². The van der Waals surface area contributed by atoms with Gasteiger partial charge in [-0.15, -0.1) is 0 Å². The molecule has 2 aromatic heterocycles. The number of rotatable bonds is 8. The Morgan fingerprint density at radius 3 is 1.92 bits per heavy atom. The number of nitrogens with two attached hydrogens (primary N) is 2. The highest BCUT2D eigenvalue weighted by atomic mass is 19.1. The lowest BCUT2D eigenvalue weighted by Crippen LogP contribution is -2.31. The second kappa shape index (κ2) is 13.3. The summed E-state index contributed by atoms with van der Waals surface area (Å²) in [6, 6.07) is 19.0. The molecular formula is C38H37FN6O6. The SMILES string of the molecule is COc1ccc(-c2ccc3nc(C4CC4)n(N)c(=O)c3c2)c(OC)c1OC.COc1ccc(-c2cccc3c(=O)n(N)c(C4CC4)nc23)c(F)c1. The minimum atomic E-state index is -0.423. The average molecular weight is 693 g/mol. The third-order valence-electron chi connectivity index (χ3n) is 9.25. The molecule has 2 aliphatic carbocycles. The second-order valence-corrected chi connectivity index (χ2v) is 12.5. The van der Waals surface area contributed by atoms with Crippen LogP contribution < -0.4 is 41.8 Å². The molecule has 8 rings (SSSR count). The summed E-state index contributed by atoms with van der Waals surface area (Å²) in [6.07, 6.45) is 3.98. The molecule has 2 saturated carbocycles. The highest BCUT2D eigenvalue weighted by Gasteiger charge is 2.30. The third-order valence-corrected chi connectivity index (χ3v) is 9.25. The monoisotopic (exact) mass is 692 g/mol. The van der Waals surface area contributed by atoms with Crippen molar-refractivity contribution < 1.29 is 23.3 Å². The lowest BCUT2D eigenvalue weighted by molar-refractivity contribution is 0.325. The van der Waals surface area contributed by atoms with Gasteiger partial charge in [0.05, 0.1) is 50.2 Å². The fourth-order valence-electron chi connectivity index (χ4n) is 6.27. The minimum Gasteiger partial charge on any atom is -0.497 e. The Hall–Kier alpha value is -6.11. The van der Waals surface area contributed by atoms with Crippen molar-refractivity contribution in [2.45, 2.75) is 37.5 Å². The Bertz CT molecular complexity index is 2440. The summed E-state index contributed by atoms with van der Waals surface area (Å²) >= 11 is 0. The van der Waals surface area contributed by atoms with Crippen molar-refractivity contribution in [1.82, 2.24) is 19.3 Å². The molecule has 2 aliphatic rings. The van der Waals surface area contributed by atoms with Gasteiger partial charge in [0.1, 0.15) is 23.2 Å². The minimum absolute atomic E-state index is 0.209. The normalized spacial score (nSPS) is 13.8. The second-order valence-electron chi connectivity index (χ2n) is 12.5. The molecule has 13 heteroatoms. The van der Waals surface area contributed by atoms with Crippen molar-refractivity contribution in [2.24, 2.45) is 0 Å². The largest absolute Gasteiger partial charge is 0.497 e. The van der Waals surface area contributed by atoms with Crippen molar-refractivity contribution in [1.29, 1.82) is 0 Å². The number of para-hydroxylation sites is 1. The Balaban J connectivity index is 0.000000160. The van der Waals surface area contributed by atoms with Crippen LogP contribution in [0.2, 0.25) is 0 Å².